The summed E-state index contributed by atoms with van der Waals surface area (Å²) in [6.45, 7) is 0. The zero-order valence-electron chi connectivity index (χ0n) is 9.24. The van der Waals surface area contributed by atoms with E-state index in [0.29, 0.717) is 5.82 Å². The number of hydrogen-bond donors (Lipinski definition) is 2. The van der Waals surface area contributed by atoms with E-state index in [1.54, 1.807) is 4.68 Å². The van der Waals surface area contributed by atoms with E-state index in [0.717, 1.165) is 27.3 Å². The summed E-state index contributed by atoms with van der Waals surface area (Å²) in [5.74, 6) is 0.629. The molecule has 3 N–H and O–H groups in total. The van der Waals surface area contributed by atoms with Crippen molar-refractivity contribution in [1.82, 2.24) is 14.8 Å². The molecule has 0 bridgehead atoms. The molecule has 0 saturated heterocycles. The van der Waals surface area contributed by atoms with Crippen LogP contribution in [0.2, 0.25) is 5.02 Å². The minimum absolute atomic E-state index is 0.629. The number of halogens is 1. The molecule has 0 unspecified atom stereocenters. The van der Waals surface area contributed by atoms with Crippen LogP contribution >= 0.6 is 11.6 Å². The van der Waals surface area contributed by atoms with Gasteiger partial charge in [0.05, 0.1) is 5.69 Å². The summed E-state index contributed by atoms with van der Waals surface area (Å²) >= 11 is 6.12. The van der Waals surface area contributed by atoms with E-state index in [4.69, 9.17) is 17.3 Å². The standard InChI is InChI=1S/C12H11ClN4/c1-17-12(14)6-11(16-17)10-5-7-8(13)3-2-4-9(7)15-10/h2-6,15H,14H2,1H3. The Labute approximate surface area is 103 Å². The summed E-state index contributed by atoms with van der Waals surface area (Å²) in [4.78, 5) is 3.28. The van der Waals surface area contributed by atoms with Gasteiger partial charge in [-0.3, -0.25) is 4.68 Å². The SMILES string of the molecule is Cn1nc(-c2cc3c(Cl)cccc3[nH]2)cc1N. The van der Waals surface area contributed by atoms with Gasteiger partial charge in [0.25, 0.3) is 0 Å². The van der Waals surface area contributed by atoms with Crippen LogP contribution < -0.4 is 5.73 Å². The maximum atomic E-state index is 6.12. The molecule has 1 aromatic carbocycles. The molecule has 0 radical (unpaired) electrons. The van der Waals surface area contributed by atoms with E-state index in [-0.39, 0.29) is 0 Å². The molecule has 0 atom stereocenters. The molecule has 17 heavy (non-hydrogen) atoms. The topological polar surface area (TPSA) is 59.6 Å². The minimum Gasteiger partial charge on any atom is -0.384 e. The van der Waals surface area contributed by atoms with Crippen LogP contribution in [-0.4, -0.2) is 14.8 Å². The lowest BCUT2D eigenvalue weighted by Gasteiger charge is -1.90. The fourth-order valence-electron chi connectivity index (χ4n) is 1.87. The number of fused-ring (bicyclic) bond motifs is 1. The highest BCUT2D eigenvalue weighted by Crippen LogP contribution is 2.28. The first-order chi connectivity index (χ1) is 8.15. The lowest BCUT2D eigenvalue weighted by molar-refractivity contribution is 0.781. The van der Waals surface area contributed by atoms with E-state index < -0.39 is 0 Å². The number of anilines is 1. The zero-order chi connectivity index (χ0) is 12.0. The van der Waals surface area contributed by atoms with Crippen molar-refractivity contribution in [3.8, 4) is 11.4 Å². The van der Waals surface area contributed by atoms with E-state index in [1.165, 1.54) is 0 Å². The number of rotatable bonds is 1. The van der Waals surface area contributed by atoms with Crippen LogP contribution in [0.15, 0.2) is 30.3 Å². The van der Waals surface area contributed by atoms with Gasteiger partial charge in [-0.2, -0.15) is 5.10 Å². The molecule has 0 fully saturated rings. The molecular formula is C12H11ClN4. The first kappa shape index (κ1) is 10.2. The largest absolute Gasteiger partial charge is 0.384 e. The van der Waals surface area contributed by atoms with Gasteiger partial charge in [0.2, 0.25) is 0 Å². The van der Waals surface area contributed by atoms with Gasteiger partial charge in [-0.25, -0.2) is 0 Å². The Balaban J connectivity index is 2.21. The summed E-state index contributed by atoms with van der Waals surface area (Å²) in [5, 5.41) is 6.05. The summed E-state index contributed by atoms with van der Waals surface area (Å²) in [7, 11) is 1.81. The molecule has 4 nitrogen and oxygen atoms in total. The number of nitrogen functional groups attached to an aromatic ring is 1. The average Bonchev–Trinajstić information content (AvgIpc) is 2.85. The van der Waals surface area contributed by atoms with Crippen LogP contribution in [0.5, 0.6) is 0 Å². The summed E-state index contributed by atoms with van der Waals surface area (Å²) in [6.07, 6.45) is 0. The second-order valence-corrected chi connectivity index (χ2v) is 4.37. The maximum absolute atomic E-state index is 6.12. The van der Waals surface area contributed by atoms with E-state index in [9.17, 15) is 0 Å². The number of nitrogens with two attached hydrogens (primary N) is 1. The lowest BCUT2D eigenvalue weighted by atomic mass is 10.2. The van der Waals surface area contributed by atoms with Crippen molar-refractivity contribution in [3.63, 3.8) is 0 Å². The van der Waals surface area contributed by atoms with Crippen LogP contribution in [0.25, 0.3) is 22.3 Å². The summed E-state index contributed by atoms with van der Waals surface area (Å²) in [6, 6.07) is 9.58. The predicted molar refractivity (Wildman–Crippen MR) is 69.9 cm³/mol. The van der Waals surface area contributed by atoms with Crippen LogP contribution in [0.3, 0.4) is 0 Å². The first-order valence-corrected chi connectivity index (χ1v) is 5.60. The summed E-state index contributed by atoms with van der Waals surface area (Å²) < 4.78 is 1.64. The van der Waals surface area contributed by atoms with Gasteiger partial charge in [-0.05, 0) is 18.2 Å². The Morgan fingerprint density at radius 2 is 2.18 bits per heavy atom. The number of benzene rings is 1. The fourth-order valence-corrected chi connectivity index (χ4v) is 2.10. The Hall–Kier alpha value is -1.94. The van der Waals surface area contributed by atoms with Crippen molar-refractivity contribution in [2.75, 3.05) is 5.73 Å². The number of H-pyrrole nitrogens is 1. The van der Waals surface area contributed by atoms with Crippen LogP contribution in [0, 0.1) is 0 Å². The van der Waals surface area contributed by atoms with Crippen molar-refractivity contribution in [2.45, 2.75) is 0 Å². The summed E-state index contributed by atoms with van der Waals surface area (Å²) in [5.41, 5.74) is 8.49. The molecule has 0 spiro atoms. The lowest BCUT2D eigenvalue weighted by Crippen LogP contribution is -1.96. The normalized spacial score (nSPS) is 11.2. The molecule has 3 aromatic rings. The molecule has 0 amide bonds. The number of aromatic amines is 1. The first-order valence-electron chi connectivity index (χ1n) is 5.22. The van der Waals surface area contributed by atoms with E-state index in [2.05, 4.69) is 10.1 Å². The maximum Gasteiger partial charge on any atom is 0.122 e. The van der Waals surface area contributed by atoms with Crippen molar-refractivity contribution in [3.05, 3.63) is 35.4 Å². The van der Waals surface area contributed by atoms with Crippen molar-refractivity contribution in [1.29, 1.82) is 0 Å². The molecular weight excluding hydrogens is 236 g/mol. The van der Waals surface area contributed by atoms with Crippen LogP contribution in [0.4, 0.5) is 5.82 Å². The smallest absolute Gasteiger partial charge is 0.122 e. The van der Waals surface area contributed by atoms with Gasteiger partial charge in [-0.15, -0.1) is 0 Å². The third-order valence-electron chi connectivity index (χ3n) is 2.80. The van der Waals surface area contributed by atoms with Gasteiger partial charge in [-0.1, -0.05) is 17.7 Å². The average molecular weight is 247 g/mol. The number of nitrogens with one attached hydrogen (secondary N) is 1. The van der Waals surface area contributed by atoms with Gasteiger partial charge < -0.3 is 10.7 Å². The molecule has 0 aliphatic carbocycles. The number of aromatic nitrogens is 3. The Morgan fingerprint density at radius 1 is 1.35 bits per heavy atom. The van der Waals surface area contributed by atoms with E-state index in [1.807, 2.05) is 37.4 Å². The molecule has 2 heterocycles. The molecule has 86 valence electrons. The van der Waals surface area contributed by atoms with Gasteiger partial charge in [0.15, 0.2) is 0 Å². The highest BCUT2D eigenvalue weighted by molar-refractivity contribution is 6.35. The predicted octanol–water partition coefficient (Wildman–Crippen LogP) is 2.80. The second kappa shape index (κ2) is 3.53. The van der Waals surface area contributed by atoms with Crippen molar-refractivity contribution < 1.29 is 0 Å². The van der Waals surface area contributed by atoms with Gasteiger partial charge >= 0.3 is 0 Å². The Morgan fingerprint density at radius 3 is 2.82 bits per heavy atom. The molecule has 5 heteroatoms. The molecule has 3 rings (SSSR count). The highest BCUT2D eigenvalue weighted by atomic mass is 35.5. The zero-order valence-corrected chi connectivity index (χ0v) is 9.99. The number of nitrogens with zero attached hydrogens (tertiary/aromatic N) is 2. The number of hydrogen-bond acceptors (Lipinski definition) is 2. The van der Waals surface area contributed by atoms with Crippen LogP contribution in [0.1, 0.15) is 0 Å². The molecule has 0 saturated carbocycles. The van der Waals surface area contributed by atoms with Gasteiger partial charge in [0, 0.05) is 29.0 Å². The Kier molecular flexibility index (Phi) is 2.12. The molecule has 0 aliphatic heterocycles. The molecule has 2 aromatic heterocycles. The highest BCUT2D eigenvalue weighted by Gasteiger charge is 2.09. The third kappa shape index (κ3) is 1.57. The van der Waals surface area contributed by atoms with Gasteiger partial charge in [0.1, 0.15) is 11.5 Å². The molecule has 0 aliphatic rings. The fraction of sp³-hybridized carbons (Fsp3) is 0.0833. The van der Waals surface area contributed by atoms with Crippen molar-refractivity contribution >= 4 is 28.3 Å². The number of aryl methyl sites for hydroxylation is 1. The van der Waals surface area contributed by atoms with Crippen LogP contribution in [-0.2, 0) is 7.05 Å². The second-order valence-electron chi connectivity index (χ2n) is 3.96. The monoisotopic (exact) mass is 246 g/mol. The third-order valence-corrected chi connectivity index (χ3v) is 3.13. The quantitative estimate of drug-likeness (QED) is 0.694. The van der Waals surface area contributed by atoms with E-state index >= 15 is 0 Å². The Bertz CT molecular complexity index is 676. The van der Waals surface area contributed by atoms with Crippen molar-refractivity contribution in [2.24, 2.45) is 7.05 Å². The minimum atomic E-state index is 0.629.